The molecule has 0 saturated carbocycles. The van der Waals surface area contributed by atoms with E-state index in [9.17, 15) is 9.59 Å². The second kappa shape index (κ2) is 4.63. The highest BCUT2D eigenvalue weighted by Crippen LogP contribution is 2.26. The van der Waals surface area contributed by atoms with Crippen molar-refractivity contribution in [1.82, 2.24) is 14.3 Å². The zero-order valence-corrected chi connectivity index (χ0v) is 11.1. The highest BCUT2D eigenvalue weighted by atomic mass is 16.4. The van der Waals surface area contributed by atoms with Gasteiger partial charge in [0.2, 0.25) is 0 Å². The Labute approximate surface area is 115 Å². The maximum atomic E-state index is 12.5. The van der Waals surface area contributed by atoms with E-state index in [0.29, 0.717) is 18.5 Å². The molecule has 1 saturated heterocycles. The van der Waals surface area contributed by atoms with E-state index < -0.39 is 11.9 Å². The fourth-order valence-electron chi connectivity index (χ4n) is 2.77. The summed E-state index contributed by atoms with van der Waals surface area (Å²) in [4.78, 5) is 29.4. The molecule has 2 aromatic rings. The Kier molecular flexibility index (Phi) is 2.93. The topological polar surface area (TPSA) is 74.9 Å². The van der Waals surface area contributed by atoms with E-state index in [1.165, 1.54) is 0 Å². The lowest BCUT2D eigenvalue weighted by Crippen LogP contribution is -2.37. The molecule has 2 aromatic heterocycles. The van der Waals surface area contributed by atoms with Gasteiger partial charge >= 0.3 is 5.97 Å². The van der Waals surface area contributed by atoms with Crippen LogP contribution in [-0.2, 0) is 4.79 Å². The number of carboxylic acid groups (broad SMARTS) is 1. The Morgan fingerprint density at radius 3 is 2.90 bits per heavy atom. The number of imidazole rings is 1. The van der Waals surface area contributed by atoms with Crippen molar-refractivity contribution in [1.29, 1.82) is 0 Å². The number of rotatable bonds is 2. The van der Waals surface area contributed by atoms with Crippen molar-refractivity contribution in [2.45, 2.75) is 19.4 Å². The van der Waals surface area contributed by atoms with Gasteiger partial charge in [0.1, 0.15) is 5.65 Å². The SMILES string of the molecule is CC1C(C(=O)O)CCN1C(=O)c1ccc2nccn2c1. The normalized spacial score (nSPS) is 22.4. The molecular formula is C14H15N3O3. The summed E-state index contributed by atoms with van der Waals surface area (Å²) >= 11 is 0. The molecule has 3 heterocycles. The molecule has 1 aliphatic heterocycles. The number of fused-ring (bicyclic) bond motifs is 1. The van der Waals surface area contributed by atoms with Crippen LogP contribution >= 0.6 is 0 Å². The van der Waals surface area contributed by atoms with Gasteiger partial charge in [0.15, 0.2) is 0 Å². The standard InChI is InChI=1S/C14H15N3O3/c1-9-11(14(19)20)4-6-17(9)13(18)10-2-3-12-15-5-7-16(12)8-10/h2-3,5,7-9,11H,4,6H2,1H3,(H,19,20). The van der Waals surface area contributed by atoms with Gasteiger partial charge in [-0.05, 0) is 25.5 Å². The van der Waals surface area contributed by atoms with Crippen LogP contribution in [0.1, 0.15) is 23.7 Å². The smallest absolute Gasteiger partial charge is 0.308 e. The number of hydrogen-bond donors (Lipinski definition) is 1. The summed E-state index contributed by atoms with van der Waals surface area (Å²) in [6.07, 6.45) is 5.68. The average Bonchev–Trinajstić information content (AvgIpc) is 3.03. The van der Waals surface area contributed by atoms with Crippen molar-refractivity contribution >= 4 is 17.5 Å². The summed E-state index contributed by atoms with van der Waals surface area (Å²) in [5.41, 5.74) is 1.33. The van der Waals surface area contributed by atoms with Gasteiger partial charge in [0.05, 0.1) is 11.5 Å². The van der Waals surface area contributed by atoms with Gasteiger partial charge in [0.25, 0.3) is 5.91 Å². The monoisotopic (exact) mass is 273 g/mol. The first-order chi connectivity index (χ1) is 9.58. The molecule has 0 aromatic carbocycles. The summed E-state index contributed by atoms with van der Waals surface area (Å²) in [5, 5.41) is 9.12. The number of carbonyl (C=O) groups is 2. The summed E-state index contributed by atoms with van der Waals surface area (Å²) in [5.74, 6) is -1.44. The molecule has 0 spiro atoms. The number of likely N-dealkylation sites (tertiary alicyclic amines) is 1. The number of pyridine rings is 1. The van der Waals surface area contributed by atoms with Crippen LogP contribution in [0.5, 0.6) is 0 Å². The van der Waals surface area contributed by atoms with Gasteiger partial charge in [-0.2, -0.15) is 0 Å². The van der Waals surface area contributed by atoms with Gasteiger partial charge in [0, 0.05) is 31.2 Å². The van der Waals surface area contributed by atoms with Crippen molar-refractivity contribution < 1.29 is 14.7 Å². The minimum absolute atomic E-state index is 0.128. The molecule has 1 fully saturated rings. The van der Waals surface area contributed by atoms with Crippen LogP contribution in [-0.4, -0.2) is 43.9 Å². The van der Waals surface area contributed by atoms with E-state index in [1.807, 2.05) is 0 Å². The predicted molar refractivity (Wildman–Crippen MR) is 71.4 cm³/mol. The van der Waals surface area contributed by atoms with Crippen molar-refractivity contribution in [3.8, 4) is 0 Å². The minimum atomic E-state index is -0.835. The molecule has 0 radical (unpaired) electrons. The molecule has 1 aliphatic rings. The molecule has 0 aliphatic carbocycles. The second-order valence-corrected chi connectivity index (χ2v) is 5.08. The number of aliphatic carboxylic acids is 1. The lowest BCUT2D eigenvalue weighted by molar-refractivity contribution is -0.142. The first kappa shape index (κ1) is 12.7. The Morgan fingerprint density at radius 1 is 1.40 bits per heavy atom. The van der Waals surface area contributed by atoms with E-state index in [1.54, 1.807) is 46.9 Å². The molecule has 2 unspecified atom stereocenters. The summed E-state index contributed by atoms with van der Waals surface area (Å²) in [7, 11) is 0. The zero-order chi connectivity index (χ0) is 14.3. The maximum Gasteiger partial charge on any atom is 0.308 e. The maximum absolute atomic E-state index is 12.5. The lowest BCUT2D eigenvalue weighted by Gasteiger charge is -2.23. The van der Waals surface area contributed by atoms with E-state index >= 15 is 0 Å². The van der Waals surface area contributed by atoms with E-state index in [2.05, 4.69) is 4.98 Å². The molecule has 3 rings (SSSR count). The fraction of sp³-hybridized carbons (Fsp3) is 0.357. The Morgan fingerprint density at radius 2 is 2.20 bits per heavy atom. The number of aromatic nitrogens is 2. The zero-order valence-electron chi connectivity index (χ0n) is 11.1. The van der Waals surface area contributed by atoms with E-state index in [-0.39, 0.29) is 11.9 Å². The van der Waals surface area contributed by atoms with Crippen LogP contribution in [0.3, 0.4) is 0 Å². The molecule has 1 amide bonds. The van der Waals surface area contributed by atoms with Crippen molar-refractivity contribution in [3.63, 3.8) is 0 Å². The third-order valence-corrected chi connectivity index (χ3v) is 3.97. The van der Waals surface area contributed by atoms with Crippen molar-refractivity contribution in [2.75, 3.05) is 6.54 Å². The van der Waals surface area contributed by atoms with Crippen molar-refractivity contribution in [2.24, 2.45) is 5.92 Å². The fourth-order valence-corrected chi connectivity index (χ4v) is 2.77. The van der Waals surface area contributed by atoms with Gasteiger partial charge < -0.3 is 14.4 Å². The number of amides is 1. The quantitative estimate of drug-likeness (QED) is 0.894. The molecule has 1 N–H and O–H groups in total. The van der Waals surface area contributed by atoms with Crippen LogP contribution in [0.25, 0.3) is 5.65 Å². The van der Waals surface area contributed by atoms with E-state index in [4.69, 9.17) is 5.11 Å². The van der Waals surface area contributed by atoms with E-state index in [0.717, 1.165) is 5.65 Å². The molecule has 0 bridgehead atoms. The van der Waals surface area contributed by atoms with Crippen LogP contribution in [0.2, 0.25) is 0 Å². The summed E-state index contributed by atoms with van der Waals surface area (Å²) in [6.45, 7) is 2.28. The van der Waals surface area contributed by atoms with Gasteiger partial charge in [-0.1, -0.05) is 0 Å². The highest BCUT2D eigenvalue weighted by Gasteiger charge is 2.38. The second-order valence-electron chi connectivity index (χ2n) is 5.08. The molecule has 2 atom stereocenters. The molecule has 20 heavy (non-hydrogen) atoms. The highest BCUT2D eigenvalue weighted by molar-refractivity contribution is 5.95. The molecule has 104 valence electrons. The number of nitrogens with zero attached hydrogens (tertiary/aromatic N) is 3. The third-order valence-electron chi connectivity index (χ3n) is 3.97. The molecule has 6 nitrogen and oxygen atoms in total. The van der Waals surface area contributed by atoms with Gasteiger partial charge in [-0.15, -0.1) is 0 Å². The number of carboxylic acids is 1. The number of carbonyl (C=O) groups excluding carboxylic acids is 1. The summed E-state index contributed by atoms with van der Waals surface area (Å²) in [6, 6.07) is 3.23. The Bertz CT molecular complexity index is 679. The lowest BCUT2D eigenvalue weighted by atomic mass is 10.0. The minimum Gasteiger partial charge on any atom is -0.481 e. The van der Waals surface area contributed by atoms with Crippen LogP contribution < -0.4 is 0 Å². The van der Waals surface area contributed by atoms with Gasteiger partial charge in [-0.3, -0.25) is 9.59 Å². The Balaban J connectivity index is 1.87. The van der Waals surface area contributed by atoms with Gasteiger partial charge in [-0.25, -0.2) is 4.98 Å². The molecular weight excluding hydrogens is 258 g/mol. The first-order valence-electron chi connectivity index (χ1n) is 6.54. The van der Waals surface area contributed by atoms with Crippen LogP contribution in [0, 0.1) is 5.92 Å². The average molecular weight is 273 g/mol. The van der Waals surface area contributed by atoms with Crippen molar-refractivity contribution in [3.05, 3.63) is 36.3 Å². The number of hydrogen-bond acceptors (Lipinski definition) is 3. The third kappa shape index (κ3) is 1.93. The first-order valence-corrected chi connectivity index (χ1v) is 6.54. The molecule has 6 heteroatoms. The largest absolute Gasteiger partial charge is 0.481 e. The predicted octanol–water partition coefficient (Wildman–Crippen LogP) is 1.27. The summed E-state index contributed by atoms with van der Waals surface area (Å²) < 4.78 is 1.78. The Hall–Kier alpha value is -2.37. The van der Waals surface area contributed by atoms with Crippen LogP contribution in [0.15, 0.2) is 30.7 Å². The van der Waals surface area contributed by atoms with Crippen LogP contribution in [0.4, 0.5) is 0 Å².